The van der Waals surface area contributed by atoms with E-state index in [1.54, 1.807) is 0 Å². The van der Waals surface area contributed by atoms with E-state index in [0.29, 0.717) is 16.8 Å². The van der Waals surface area contributed by atoms with E-state index in [1.807, 2.05) is 18.2 Å². The molecule has 0 fully saturated rings. The minimum absolute atomic E-state index is 0.523. The van der Waals surface area contributed by atoms with E-state index in [1.165, 1.54) is 16.8 Å². The Morgan fingerprint density at radius 3 is 2.84 bits per heavy atom. The lowest BCUT2D eigenvalue weighted by Crippen LogP contribution is -2.28. The van der Waals surface area contributed by atoms with Crippen LogP contribution >= 0.6 is 11.6 Å². The summed E-state index contributed by atoms with van der Waals surface area (Å²) in [6.07, 6.45) is 1.11. The van der Waals surface area contributed by atoms with E-state index in [-0.39, 0.29) is 0 Å². The third kappa shape index (κ3) is 2.28. The highest BCUT2D eigenvalue weighted by Gasteiger charge is 2.25. The monoisotopic (exact) mass is 272 g/mol. The number of anilines is 2. The van der Waals surface area contributed by atoms with Crippen molar-refractivity contribution in [2.75, 3.05) is 10.6 Å². The third-order valence-corrected chi connectivity index (χ3v) is 4.11. The molecule has 0 radical (unpaired) electrons. The molecular weight excluding hydrogens is 256 g/mol. The second-order valence-electron chi connectivity index (χ2n) is 5.17. The molecule has 1 atom stereocenters. The van der Waals surface area contributed by atoms with Crippen LogP contribution in [0.3, 0.4) is 0 Å². The van der Waals surface area contributed by atoms with E-state index >= 15 is 0 Å². The first-order valence-electron chi connectivity index (χ1n) is 6.53. The fourth-order valence-electron chi connectivity index (χ4n) is 2.76. The highest BCUT2D eigenvalue weighted by atomic mass is 35.5. The number of hydrogen-bond donors (Lipinski definition) is 1. The SMILES string of the molecule is CC1Cc2ccccc2N1Cc1ccc(Cl)c(N)c1. The molecule has 0 amide bonds. The Bertz CT molecular complexity index is 609. The van der Waals surface area contributed by atoms with Crippen molar-refractivity contribution in [3.8, 4) is 0 Å². The number of fused-ring (bicyclic) bond motifs is 1. The summed E-state index contributed by atoms with van der Waals surface area (Å²) in [6.45, 7) is 3.14. The average Bonchev–Trinajstić information content (AvgIpc) is 2.71. The number of benzene rings is 2. The van der Waals surface area contributed by atoms with E-state index in [0.717, 1.165) is 13.0 Å². The van der Waals surface area contributed by atoms with Crippen molar-refractivity contribution >= 4 is 23.0 Å². The summed E-state index contributed by atoms with van der Waals surface area (Å²) < 4.78 is 0. The minimum atomic E-state index is 0.523. The van der Waals surface area contributed by atoms with Gasteiger partial charge in [0.05, 0.1) is 10.7 Å². The summed E-state index contributed by atoms with van der Waals surface area (Å²) in [5.41, 5.74) is 10.5. The van der Waals surface area contributed by atoms with Crippen molar-refractivity contribution < 1.29 is 0 Å². The van der Waals surface area contributed by atoms with Crippen molar-refractivity contribution in [2.24, 2.45) is 0 Å². The van der Waals surface area contributed by atoms with Gasteiger partial charge in [0.15, 0.2) is 0 Å². The molecule has 2 N–H and O–H groups in total. The Balaban J connectivity index is 1.89. The fraction of sp³-hybridized carbons (Fsp3) is 0.250. The Morgan fingerprint density at radius 2 is 2.05 bits per heavy atom. The fourth-order valence-corrected chi connectivity index (χ4v) is 2.88. The molecule has 2 nitrogen and oxygen atoms in total. The van der Waals surface area contributed by atoms with Crippen molar-refractivity contribution in [3.63, 3.8) is 0 Å². The first kappa shape index (κ1) is 12.4. The topological polar surface area (TPSA) is 29.3 Å². The van der Waals surface area contributed by atoms with E-state index < -0.39 is 0 Å². The molecule has 0 aliphatic carbocycles. The average molecular weight is 273 g/mol. The summed E-state index contributed by atoms with van der Waals surface area (Å²) >= 11 is 5.97. The summed E-state index contributed by atoms with van der Waals surface area (Å²) in [4.78, 5) is 2.43. The van der Waals surface area contributed by atoms with Crippen LogP contribution in [0.5, 0.6) is 0 Å². The Labute approximate surface area is 118 Å². The highest BCUT2D eigenvalue weighted by molar-refractivity contribution is 6.33. The van der Waals surface area contributed by atoms with Gasteiger partial charge >= 0.3 is 0 Å². The van der Waals surface area contributed by atoms with Gasteiger partial charge < -0.3 is 10.6 Å². The maximum Gasteiger partial charge on any atom is 0.0635 e. The smallest absolute Gasteiger partial charge is 0.0635 e. The van der Waals surface area contributed by atoms with Gasteiger partial charge in [-0.05, 0) is 42.7 Å². The highest BCUT2D eigenvalue weighted by Crippen LogP contribution is 2.33. The number of nitrogens with zero attached hydrogens (tertiary/aromatic N) is 1. The van der Waals surface area contributed by atoms with Gasteiger partial charge in [0.1, 0.15) is 0 Å². The maximum absolute atomic E-state index is 5.97. The molecule has 0 saturated carbocycles. The van der Waals surface area contributed by atoms with Crippen LogP contribution in [0.15, 0.2) is 42.5 Å². The zero-order valence-electron chi connectivity index (χ0n) is 10.9. The summed E-state index contributed by atoms with van der Waals surface area (Å²) in [6, 6.07) is 15.0. The van der Waals surface area contributed by atoms with Gasteiger partial charge in [0.25, 0.3) is 0 Å². The zero-order valence-corrected chi connectivity index (χ0v) is 11.7. The van der Waals surface area contributed by atoms with Crippen LogP contribution in [0, 0.1) is 0 Å². The molecule has 0 bridgehead atoms. The van der Waals surface area contributed by atoms with Gasteiger partial charge in [-0.3, -0.25) is 0 Å². The molecule has 1 heterocycles. The van der Waals surface area contributed by atoms with Crippen molar-refractivity contribution in [2.45, 2.75) is 25.9 Å². The van der Waals surface area contributed by atoms with Crippen molar-refractivity contribution in [1.29, 1.82) is 0 Å². The molecule has 0 saturated heterocycles. The quantitative estimate of drug-likeness (QED) is 0.841. The lowest BCUT2D eigenvalue weighted by Gasteiger charge is -2.25. The number of hydrogen-bond acceptors (Lipinski definition) is 2. The van der Waals surface area contributed by atoms with Gasteiger partial charge in [-0.1, -0.05) is 35.9 Å². The number of nitrogen functional groups attached to an aromatic ring is 1. The van der Waals surface area contributed by atoms with Crippen LogP contribution in [0.4, 0.5) is 11.4 Å². The summed E-state index contributed by atoms with van der Waals surface area (Å²) in [7, 11) is 0. The molecule has 98 valence electrons. The second kappa shape index (κ2) is 4.78. The van der Waals surface area contributed by atoms with Crippen LogP contribution in [-0.4, -0.2) is 6.04 Å². The molecule has 1 unspecified atom stereocenters. The largest absolute Gasteiger partial charge is 0.398 e. The van der Waals surface area contributed by atoms with E-state index in [4.69, 9.17) is 17.3 Å². The molecule has 1 aliphatic heterocycles. The molecule has 1 aliphatic rings. The predicted molar refractivity (Wildman–Crippen MR) is 81.7 cm³/mol. The first-order valence-corrected chi connectivity index (χ1v) is 6.91. The predicted octanol–water partition coefficient (Wildman–Crippen LogP) is 3.87. The zero-order chi connectivity index (χ0) is 13.4. The molecule has 19 heavy (non-hydrogen) atoms. The maximum atomic E-state index is 5.97. The van der Waals surface area contributed by atoms with Gasteiger partial charge in [0, 0.05) is 18.3 Å². The van der Waals surface area contributed by atoms with Crippen LogP contribution < -0.4 is 10.6 Å². The van der Waals surface area contributed by atoms with Crippen LogP contribution in [0.2, 0.25) is 5.02 Å². The molecule has 2 aromatic rings. The molecule has 3 heteroatoms. The van der Waals surface area contributed by atoms with Gasteiger partial charge in [-0.15, -0.1) is 0 Å². The molecule has 2 aromatic carbocycles. The van der Waals surface area contributed by atoms with E-state index in [2.05, 4.69) is 36.1 Å². The standard InChI is InChI=1S/C16H17ClN2/c1-11-8-13-4-2-3-5-16(13)19(11)10-12-6-7-14(17)15(18)9-12/h2-7,9,11H,8,10,18H2,1H3. The number of halogens is 1. The lowest BCUT2D eigenvalue weighted by molar-refractivity contribution is 0.672. The van der Waals surface area contributed by atoms with Gasteiger partial charge in [-0.2, -0.15) is 0 Å². The Morgan fingerprint density at radius 1 is 1.26 bits per heavy atom. The molecule has 3 rings (SSSR count). The third-order valence-electron chi connectivity index (χ3n) is 3.76. The minimum Gasteiger partial charge on any atom is -0.398 e. The normalized spacial score (nSPS) is 17.6. The van der Waals surface area contributed by atoms with Gasteiger partial charge in [0.2, 0.25) is 0 Å². The molecule has 0 spiro atoms. The van der Waals surface area contributed by atoms with Crippen molar-refractivity contribution in [1.82, 2.24) is 0 Å². The number of rotatable bonds is 2. The first-order chi connectivity index (χ1) is 9.15. The van der Waals surface area contributed by atoms with Crippen LogP contribution in [0.25, 0.3) is 0 Å². The van der Waals surface area contributed by atoms with Gasteiger partial charge in [-0.25, -0.2) is 0 Å². The summed E-state index contributed by atoms with van der Waals surface area (Å²) in [5, 5.41) is 0.624. The lowest BCUT2D eigenvalue weighted by atomic mass is 10.1. The Hall–Kier alpha value is -1.67. The number of nitrogens with two attached hydrogens (primary N) is 1. The Kier molecular flexibility index (Phi) is 3.11. The number of para-hydroxylation sites is 1. The van der Waals surface area contributed by atoms with E-state index in [9.17, 15) is 0 Å². The van der Waals surface area contributed by atoms with Crippen LogP contribution in [-0.2, 0) is 13.0 Å². The summed E-state index contributed by atoms with van der Waals surface area (Å²) in [5.74, 6) is 0. The van der Waals surface area contributed by atoms with Crippen LogP contribution in [0.1, 0.15) is 18.1 Å². The molecule has 0 aromatic heterocycles. The second-order valence-corrected chi connectivity index (χ2v) is 5.57. The van der Waals surface area contributed by atoms with Crippen molar-refractivity contribution in [3.05, 3.63) is 58.6 Å². The molecular formula is C16H17ClN2.